The number of pyridine rings is 1. The van der Waals surface area contributed by atoms with Crippen molar-refractivity contribution >= 4 is 22.5 Å². The molecule has 0 fully saturated rings. The second kappa shape index (κ2) is 12.3. The normalized spacial score (nSPS) is 15.1. The van der Waals surface area contributed by atoms with Crippen LogP contribution < -0.4 is 9.64 Å². The van der Waals surface area contributed by atoms with Gasteiger partial charge in [-0.25, -0.2) is 0 Å². The first-order valence-electron chi connectivity index (χ1n) is 16.7. The third-order valence-corrected chi connectivity index (χ3v) is 10.1. The zero-order valence-corrected chi connectivity index (χ0v) is 31.0. The second-order valence-corrected chi connectivity index (χ2v) is 16.0. The molecule has 7 rings (SSSR count). The van der Waals surface area contributed by atoms with Crippen molar-refractivity contribution in [3.63, 3.8) is 0 Å². The number of rotatable bonds is 5. The summed E-state index contributed by atoms with van der Waals surface area (Å²) in [6, 6.07) is 39.2. The van der Waals surface area contributed by atoms with Gasteiger partial charge in [-0.3, -0.25) is 0 Å². The number of anilines is 2. The van der Waals surface area contributed by atoms with Gasteiger partial charge in [-0.2, -0.15) is 0 Å². The number of imidazole rings is 1. The first-order chi connectivity index (χ1) is 22.9. The van der Waals surface area contributed by atoms with Crippen LogP contribution in [0.15, 0.2) is 97.2 Å². The molecule has 0 N–H and O–H groups in total. The molecule has 1 unspecified atom stereocenters. The van der Waals surface area contributed by atoms with Gasteiger partial charge in [0.05, 0.1) is 0 Å². The molecule has 0 saturated carbocycles. The minimum atomic E-state index is 0.0382. The van der Waals surface area contributed by atoms with Crippen LogP contribution in [0.4, 0.5) is 11.5 Å². The van der Waals surface area contributed by atoms with Crippen molar-refractivity contribution in [1.29, 1.82) is 0 Å². The number of nitrogens with zero attached hydrogens (tertiary/aromatic N) is 4. The van der Waals surface area contributed by atoms with E-state index in [2.05, 4.69) is 167 Å². The predicted molar refractivity (Wildman–Crippen MR) is 192 cm³/mol. The number of hydrogen-bond donors (Lipinski definition) is 0. The first kappa shape index (κ1) is 32.3. The van der Waals surface area contributed by atoms with Gasteiger partial charge in [-0.05, 0) is 17.0 Å². The number of benzene rings is 4. The van der Waals surface area contributed by atoms with E-state index in [0.717, 1.165) is 50.7 Å². The molecular formula is C42H42N4OPt-2. The van der Waals surface area contributed by atoms with Crippen molar-refractivity contribution in [3.8, 4) is 22.9 Å². The van der Waals surface area contributed by atoms with Crippen molar-refractivity contribution in [2.75, 3.05) is 11.4 Å². The van der Waals surface area contributed by atoms with Gasteiger partial charge in [0, 0.05) is 6.20 Å². The van der Waals surface area contributed by atoms with Crippen LogP contribution in [0, 0.1) is 21.9 Å². The monoisotopic (exact) mass is 813 g/mol. The number of para-hydroxylation sites is 2. The van der Waals surface area contributed by atoms with Gasteiger partial charge in [0.1, 0.15) is 0 Å². The van der Waals surface area contributed by atoms with Crippen molar-refractivity contribution < 1.29 is 24.1 Å². The molecule has 0 aliphatic carbocycles. The molecule has 0 radical (unpaired) electrons. The molecule has 6 heteroatoms. The first-order valence-corrected chi connectivity index (χ1v) is 17.8. The van der Waals surface area contributed by atoms with Crippen LogP contribution in [-0.2, 0) is 36.6 Å². The van der Waals surface area contributed by atoms with E-state index in [1.165, 1.54) is 16.7 Å². The molecule has 48 heavy (non-hydrogen) atoms. The van der Waals surface area contributed by atoms with E-state index in [4.69, 9.17) is 9.72 Å². The molecule has 0 amide bonds. The third kappa shape index (κ3) is 6.21. The van der Waals surface area contributed by atoms with Gasteiger partial charge >= 0.3 is 246 Å². The maximum atomic E-state index is 6.50. The summed E-state index contributed by atoms with van der Waals surface area (Å²) in [5.74, 6) is 2.76. The average Bonchev–Trinajstić information content (AvgIpc) is 3.35. The van der Waals surface area contributed by atoms with E-state index in [-0.39, 0.29) is 10.8 Å². The molecule has 1 aliphatic heterocycles. The van der Waals surface area contributed by atoms with E-state index in [0.29, 0.717) is 17.4 Å². The van der Waals surface area contributed by atoms with Gasteiger partial charge in [0.2, 0.25) is 0 Å². The zero-order chi connectivity index (χ0) is 33.8. The topological polar surface area (TPSA) is 35.2 Å². The summed E-state index contributed by atoms with van der Waals surface area (Å²) in [6.07, 6.45) is 2.92. The summed E-state index contributed by atoms with van der Waals surface area (Å²) in [7, 11) is 0. The molecule has 0 spiro atoms. The minimum absolute atomic E-state index is 0.0382. The van der Waals surface area contributed by atoms with Crippen molar-refractivity contribution in [1.82, 2.24) is 14.1 Å². The Bertz CT molecular complexity index is 2180. The third-order valence-electron chi connectivity index (χ3n) is 9.11. The van der Waals surface area contributed by atoms with Crippen molar-refractivity contribution in [2.24, 2.45) is 5.92 Å². The Balaban J connectivity index is 1.24. The Morgan fingerprint density at radius 2 is 1.44 bits per heavy atom. The average molecular weight is 814 g/mol. The molecule has 5 nitrogen and oxygen atoms in total. The van der Waals surface area contributed by atoms with Crippen LogP contribution in [0.5, 0.6) is 11.5 Å². The maximum absolute atomic E-state index is 6.50. The molecule has 0 bridgehead atoms. The fourth-order valence-corrected chi connectivity index (χ4v) is 7.60. The van der Waals surface area contributed by atoms with Crippen molar-refractivity contribution in [3.05, 3.63) is 130 Å². The Morgan fingerprint density at radius 3 is 2.15 bits per heavy atom. The summed E-state index contributed by atoms with van der Waals surface area (Å²) in [5.41, 5.74) is 9.28. The SMILES string of the molecule is CC1Cc2ccc(Oc3[c-]c(-n4[c](=[Pt])n(-c5ccc(C(C)(C)C)cc5)c5ccccc54)ccc3)[c-]c2N(c2cc(C(C)(C)C)ccn2)C1. The summed E-state index contributed by atoms with van der Waals surface area (Å²) < 4.78 is 12.1. The molecular weight excluding hydrogens is 772 g/mol. The predicted octanol–water partition coefficient (Wildman–Crippen LogP) is 10.2. The molecule has 1 atom stereocenters. The number of hydrogen-bond acceptors (Lipinski definition) is 3. The van der Waals surface area contributed by atoms with Crippen LogP contribution in [0.1, 0.15) is 65.2 Å². The van der Waals surface area contributed by atoms with Gasteiger partial charge in [-0.1, -0.05) is 27.7 Å². The van der Waals surface area contributed by atoms with Crippen LogP contribution in [0.3, 0.4) is 0 Å². The van der Waals surface area contributed by atoms with Crippen LogP contribution in [0.2, 0.25) is 0 Å². The van der Waals surface area contributed by atoms with Gasteiger partial charge < -0.3 is 0 Å². The van der Waals surface area contributed by atoms with Gasteiger partial charge in [-0.15, -0.1) is 0 Å². The molecule has 4 aromatic carbocycles. The second-order valence-electron chi connectivity index (χ2n) is 15.0. The number of fused-ring (bicyclic) bond motifs is 2. The van der Waals surface area contributed by atoms with E-state index >= 15 is 0 Å². The molecule has 248 valence electrons. The fourth-order valence-electron chi connectivity index (χ4n) is 6.48. The zero-order valence-electron chi connectivity index (χ0n) is 28.7. The van der Waals surface area contributed by atoms with E-state index in [9.17, 15) is 0 Å². The summed E-state index contributed by atoms with van der Waals surface area (Å²) in [6.45, 7) is 16.6. The van der Waals surface area contributed by atoms with E-state index in [1.54, 1.807) is 0 Å². The van der Waals surface area contributed by atoms with E-state index in [1.807, 2.05) is 24.4 Å². The summed E-state index contributed by atoms with van der Waals surface area (Å²) in [4.78, 5) is 7.09. The summed E-state index contributed by atoms with van der Waals surface area (Å²) >= 11 is 2.43. The molecule has 1 aliphatic rings. The van der Waals surface area contributed by atoms with Crippen molar-refractivity contribution in [2.45, 2.75) is 65.7 Å². The molecule has 6 aromatic rings. The molecule has 2 aromatic heterocycles. The standard InChI is InChI=1S/C42H42N4O.Pt/c1-29-23-30-15-20-36(26-39(30)44(27-29)40-24-32(21-22-43-40)42(5,6)7)47-35-12-10-11-34(25-35)46-28-45(37-13-8-9-14-38(37)46)33-18-16-31(17-19-33)41(2,3)4;/h8-22,24,29H,23,27H2,1-7H3;/q-2;. The Kier molecular flexibility index (Phi) is 8.32. The van der Waals surface area contributed by atoms with E-state index < -0.39 is 0 Å². The number of ether oxygens (including phenoxy) is 1. The Labute approximate surface area is 295 Å². The van der Waals surface area contributed by atoms with Crippen LogP contribution in [0.25, 0.3) is 22.4 Å². The molecule has 3 heterocycles. The quantitative estimate of drug-likeness (QED) is 0.163. The van der Waals surface area contributed by atoms with Crippen LogP contribution >= 0.6 is 0 Å². The van der Waals surface area contributed by atoms with Gasteiger partial charge in [0.25, 0.3) is 0 Å². The van der Waals surface area contributed by atoms with Gasteiger partial charge in [0.15, 0.2) is 0 Å². The Morgan fingerprint density at radius 1 is 0.750 bits per heavy atom. The Hall–Kier alpha value is -4.21. The molecule has 0 saturated heterocycles. The summed E-state index contributed by atoms with van der Waals surface area (Å²) in [5, 5.41) is 0. The fraction of sp³-hybridized carbons (Fsp3) is 0.286. The van der Waals surface area contributed by atoms with Crippen LogP contribution in [-0.4, -0.2) is 20.7 Å². The number of aromatic nitrogens is 3.